The minimum Gasteiger partial charge on any atom is -0.323 e. The van der Waals surface area contributed by atoms with Gasteiger partial charge < -0.3 is 28.3 Å². The van der Waals surface area contributed by atoms with Gasteiger partial charge >= 0.3 is 22.8 Å². The Bertz CT molecular complexity index is 1010. The molecule has 0 aromatic carbocycles. The van der Waals surface area contributed by atoms with Crippen molar-refractivity contribution in [1.82, 2.24) is 19.7 Å². The van der Waals surface area contributed by atoms with Gasteiger partial charge in [0.25, 0.3) is 0 Å². The van der Waals surface area contributed by atoms with Gasteiger partial charge in [0.1, 0.15) is 18.9 Å². The summed E-state index contributed by atoms with van der Waals surface area (Å²) in [7, 11) is -11.8. The molecule has 1 aromatic heterocycles. The molecular weight excluding hydrogens is 605 g/mol. The molecule has 42 heavy (non-hydrogen) atoms. The molecule has 3 N–H and O–H groups in total. The summed E-state index contributed by atoms with van der Waals surface area (Å²) in [4.78, 5) is 41.7. The van der Waals surface area contributed by atoms with Crippen LogP contribution in [0.2, 0.25) is 0 Å². The Kier molecular flexibility index (Phi) is 17.1. The monoisotopic (exact) mass is 656 g/mol. The SMILES string of the molecule is CCCCOP(=O)(O)CN1CCN(CP(=O)(O)OCCCC)Cc2cccc(n2)CN(CP(=O)(O)OCCCC)CC1. The molecule has 2 heterocycles. The highest BCUT2D eigenvalue weighted by Gasteiger charge is 2.29. The molecule has 3 atom stereocenters. The number of aromatic nitrogens is 1. The third kappa shape index (κ3) is 16.0. The van der Waals surface area contributed by atoms with E-state index in [0.29, 0.717) is 43.7 Å². The molecule has 0 fully saturated rings. The van der Waals surface area contributed by atoms with Gasteiger partial charge in [-0.3, -0.25) is 33.4 Å². The number of hydrogen-bond acceptors (Lipinski definition) is 10. The summed E-state index contributed by atoms with van der Waals surface area (Å²) in [5.41, 5.74) is 1.32. The normalized spacial score (nSPS) is 20.6. The summed E-state index contributed by atoms with van der Waals surface area (Å²) in [5.74, 6) is 0. The summed E-state index contributed by atoms with van der Waals surface area (Å²) in [5, 5.41) is 0. The molecular formula is C26H51N4O9P3. The third-order valence-corrected chi connectivity index (χ3v) is 10.6. The molecule has 13 nitrogen and oxygen atoms in total. The molecule has 244 valence electrons. The average molecular weight is 657 g/mol. The van der Waals surface area contributed by atoms with Crippen LogP contribution in [0.25, 0.3) is 0 Å². The van der Waals surface area contributed by atoms with Crippen LogP contribution in [0.4, 0.5) is 0 Å². The van der Waals surface area contributed by atoms with Crippen LogP contribution in [0.3, 0.4) is 0 Å². The maximum atomic E-state index is 12.9. The fourth-order valence-electron chi connectivity index (χ4n) is 4.32. The van der Waals surface area contributed by atoms with Crippen molar-refractivity contribution in [3.8, 4) is 0 Å². The van der Waals surface area contributed by atoms with Crippen molar-refractivity contribution in [3.05, 3.63) is 29.6 Å². The van der Waals surface area contributed by atoms with E-state index in [9.17, 15) is 28.4 Å². The van der Waals surface area contributed by atoms with Crippen LogP contribution >= 0.6 is 22.8 Å². The maximum Gasteiger partial charge on any atom is 0.342 e. The second-order valence-electron chi connectivity index (χ2n) is 10.7. The van der Waals surface area contributed by atoms with E-state index in [4.69, 9.17) is 18.6 Å². The molecule has 1 aromatic rings. The van der Waals surface area contributed by atoms with Crippen molar-refractivity contribution < 1.29 is 41.9 Å². The van der Waals surface area contributed by atoms with Crippen LogP contribution < -0.4 is 0 Å². The summed E-state index contributed by atoms with van der Waals surface area (Å²) in [6, 6.07) is 5.48. The minimum absolute atomic E-state index is 0.169. The molecule has 0 radical (unpaired) electrons. The van der Waals surface area contributed by atoms with Crippen molar-refractivity contribution >= 4 is 22.8 Å². The number of fused-ring (bicyclic) bond motifs is 2. The zero-order chi connectivity index (χ0) is 31.1. The average Bonchev–Trinajstić information content (AvgIpc) is 2.89. The largest absolute Gasteiger partial charge is 0.342 e. The van der Waals surface area contributed by atoms with E-state index in [1.807, 2.05) is 39.0 Å². The molecule has 2 rings (SSSR count). The van der Waals surface area contributed by atoms with Crippen molar-refractivity contribution in [2.45, 2.75) is 72.4 Å². The topological polar surface area (TPSA) is 162 Å². The van der Waals surface area contributed by atoms with E-state index < -0.39 is 22.8 Å². The zero-order valence-electron chi connectivity index (χ0n) is 25.4. The first-order valence-electron chi connectivity index (χ1n) is 14.9. The van der Waals surface area contributed by atoms with Gasteiger partial charge in [-0.05, 0) is 31.4 Å². The highest BCUT2D eigenvalue weighted by molar-refractivity contribution is 7.53. The fourth-order valence-corrected chi connectivity index (χ4v) is 8.09. The van der Waals surface area contributed by atoms with E-state index >= 15 is 0 Å². The standard InChI is InChI=1S/C26H51N4O9P3/c1-4-7-17-37-40(31,32)22-28-13-15-29(23-41(33,34)38-18-8-5-2)20-25-11-10-12-26(27-25)21-30(16-14-28)24-42(35,36)39-19-9-6-3/h10-12H,4-9,13-24H2,1-3H3,(H,31,32)(H,33,34)(H,35,36). The highest BCUT2D eigenvalue weighted by atomic mass is 31.2. The second kappa shape index (κ2) is 19.1. The summed E-state index contributed by atoms with van der Waals surface area (Å²) >= 11 is 0. The predicted octanol–water partition coefficient (Wildman–Crippen LogP) is 4.88. The molecule has 2 bridgehead atoms. The lowest BCUT2D eigenvalue weighted by molar-refractivity contribution is 0.166. The molecule has 0 aliphatic carbocycles. The zero-order valence-corrected chi connectivity index (χ0v) is 28.1. The quantitative estimate of drug-likeness (QED) is 0.145. The Morgan fingerprint density at radius 2 is 0.976 bits per heavy atom. The third-order valence-electron chi connectivity index (χ3n) is 6.61. The molecule has 0 spiro atoms. The van der Waals surface area contributed by atoms with Gasteiger partial charge in [0.2, 0.25) is 0 Å². The number of rotatable bonds is 18. The lowest BCUT2D eigenvalue weighted by atomic mass is 10.2. The molecule has 1 aliphatic rings. The van der Waals surface area contributed by atoms with Crippen LogP contribution in [0.15, 0.2) is 18.2 Å². The number of unbranched alkanes of at least 4 members (excludes halogenated alkanes) is 3. The van der Waals surface area contributed by atoms with Gasteiger partial charge in [0.05, 0.1) is 31.2 Å². The van der Waals surface area contributed by atoms with Crippen LogP contribution in [0.1, 0.15) is 70.7 Å². The molecule has 16 heteroatoms. The molecule has 1 aliphatic heterocycles. The number of hydrogen-bond donors (Lipinski definition) is 3. The number of nitrogens with zero attached hydrogens (tertiary/aromatic N) is 4. The Balaban J connectivity index is 2.30. The van der Waals surface area contributed by atoms with E-state index in [1.165, 1.54) is 0 Å². The summed E-state index contributed by atoms with van der Waals surface area (Å²) < 4.78 is 54.6. The van der Waals surface area contributed by atoms with E-state index in [0.717, 1.165) is 19.3 Å². The Morgan fingerprint density at radius 1 is 0.643 bits per heavy atom. The lowest BCUT2D eigenvalue weighted by Crippen LogP contribution is -2.41. The van der Waals surface area contributed by atoms with E-state index in [2.05, 4.69) is 0 Å². The van der Waals surface area contributed by atoms with Gasteiger partial charge in [-0.15, -0.1) is 0 Å². The second-order valence-corrected chi connectivity index (χ2v) is 16.2. The van der Waals surface area contributed by atoms with Crippen LogP contribution in [-0.4, -0.2) is 99.2 Å². The first-order chi connectivity index (χ1) is 19.9. The molecule has 0 amide bonds. The van der Waals surface area contributed by atoms with Crippen molar-refractivity contribution in [2.75, 3.05) is 64.9 Å². The summed E-state index contributed by atoms with van der Waals surface area (Å²) in [6.45, 7) is 8.13. The van der Waals surface area contributed by atoms with Gasteiger partial charge in [-0.25, -0.2) is 0 Å². The Hall–Kier alpha value is -0.520. The molecule has 0 saturated carbocycles. The predicted molar refractivity (Wildman–Crippen MR) is 163 cm³/mol. The highest BCUT2D eigenvalue weighted by Crippen LogP contribution is 2.45. The molecule has 0 saturated heterocycles. The van der Waals surface area contributed by atoms with Crippen LogP contribution in [0.5, 0.6) is 0 Å². The Morgan fingerprint density at radius 3 is 1.33 bits per heavy atom. The smallest absolute Gasteiger partial charge is 0.323 e. The first-order valence-corrected chi connectivity index (χ1v) is 20.2. The number of pyridine rings is 1. The van der Waals surface area contributed by atoms with Crippen molar-refractivity contribution in [3.63, 3.8) is 0 Å². The van der Waals surface area contributed by atoms with E-state index in [-0.39, 0.29) is 64.9 Å². The summed E-state index contributed by atoms with van der Waals surface area (Å²) in [6.07, 6.45) is 3.84. The first kappa shape index (κ1) is 37.7. The Labute approximate surface area is 251 Å². The maximum absolute atomic E-state index is 12.9. The van der Waals surface area contributed by atoms with Gasteiger partial charge in [0.15, 0.2) is 0 Å². The van der Waals surface area contributed by atoms with Gasteiger partial charge in [0, 0.05) is 39.3 Å². The van der Waals surface area contributed by atoms with Gasteiger partial charge in [-0.1, -0.05) is 46.1 Å². The van der Waals surface area contributed by atoms with Crippen molar-refractivity contribution in [1.29, 1.82) is 0 Å². The van der Waals surface area contributed by atoms with E-state index in [1.54, 1.807) is 14.7 Å². The van der Waals surface area contributed by atoms with Crippen molar-refractivity contribution in [2.24, 2.45) is 0 Å². The lowest BCUT2D eigenvalue weighted by Gasteiger charge is -2.32. The minimum atomic E-state index is -3.96. The fraction of sp³-hybridized carbons (Fsp3) is 0.808. The van der Waals surface area contributed by atoms with Crippen LogP contribution in [0, 0.1) is 0 Å². The van der Waals surface area contributed by atoms with Crippen LogP contribution in [-0.2, 0) is 40.4 Å². The van der Waals surface area contributed by atoms with Gasteiger partial charge in [-0.2, -0.15) is 0 Å². The molecule has 3 unspecified atom stereocenters.